The summed E-state index contributed by atoms with van der Waals surface area (Å²) in [7, 11) is 0. The van der Waals surface area contributed by atoms with Crippen LogP contribution in [0.1, 0.15) is 44.6 Å². The van der Waals surface area contributed by atoms with Crippen molar-refractivity contribution < 1.29 is 4.79 Å². The number of hydrogen-bond acceptors (Lipinski definition) is 2. The number of hydrogen-bond donors (Lipinski definition) is 0. The first-order valence-electron chi connectivity index (χ1n) is 7.11. The summed E-state index contributed by atoms with van der Waals surface area (Å²) in [6, 6.07) is 11.0. The Hall–Kier alpha value is -1.15. The van der Waals surface area contributed by atoms with Gasteiger partial charge in [-0.05, 0) is 31.7 Å². The van der Waals surface area contributed by atoms with Gasteiger partial charge >= 0.3 is 0 Å². The summed E-state index contributed by atoms with van der Waals surface area (Å²) in [5.74, 6) is 0.437. The summed E-state index contributed by atoms with van der Waals surface area (Å²) in [6.07, 6.45) is 5.21. The topological polar surface area (TPSA) is 20.3 Å². The van der Waals surface area contributed by atoms with Gasteiger partial charge in [-0.3, -0.25) is 9.69 Å². The van der Waals surface area contributed by atoms with Crippen molar-refractivity contribution in [3.8, 4) is 0 Å². The first-order chi connectivity index (χ1) is 8.75. The van der Waals surface area contributed by atoms with E-state index in [-0.39, 0.29) is 5.54 Å². The normalized spacial score (nSPS) is 33.2. The van der Waals surface area contributed by atoms with E-state index in [0.717, 1.165) is 25.8 Å². The van der Waals surface area contributed by atoms with Crippen molar-refractivity contribution in [2.24, 2.45) is 0 Å². The smallest absolute Gasteiger partial charge is 0.157 e. The van der Waals surface area contributed by atoms with Gasteiger partial charge < -0.3 is 0 Å². The minimum atomic E-state index is -0.308. The van der Waals surface area contributed by atoms with Crippen LogP contribution in [0.5, 0.6) is 0 Å². The summed E-state index contributed by atoms with van der Waals surface area (Å²) >= 11 is 0. The number of nitrogens with zero attached hydrogens (tertiary/aromatic N) is 1. The molecular weight excluding hydrogens is 222 g/mol. The number of carbonyl (C=O) groups excluding carboxylic acids is 1. The van der Waals surface area contributed by atoms with E-state index in [4.69, 9.17) is 0 Å². The van der Waals surface area contributed by atoms with Crippen molar-refractivity contribution >= 4 is 5.78 Å². The molecule has 0 N–H and O–H groups in total. The average molecular weight is 243 g/mol. The van der Waals surface area contributed by atoms with Gasteiger partial charge in [0.2, 0.25) is 0 Å². The minimum Gasteiger partial charge on any atom is -0.297 e. The molecule has 3 rings (SSSR count). The van der Waals surface area contributed by atoms with E-state index < -0.39 is 0 Å². The van der Waals surface area contributed by atoms with Crippen molar-refractivity contribution in [1.29, 1.82) is 0 Å². The monoisotopic (exact) mass is 243 g/mol. The molecule has 2 heteroatoms. The number of rotatable bonds is 2. The fraction of sp³-hybridized carbons (Fsp3) is 0.562. The summed E-state index contributed by atoms with van der Waals surface area (Å²) in [5.41, 5.74) is 0.901. The molecule has 18 heavy (non-hydrogen) atoms. The lowest BCUT2D eigenvalue weighted by Crippen LogP contribution is -2.62. The molecule has 2 aliphatic rings. The Morgan fingerprint density at radius 1 is 1.22 bits per heavy atom. The summed E-state index contributed by atoms with van der Waals surface area (Å²) in [6.45, 7) is 3.32. The molecule has 1 heterocycles. The van der Waals surface area contributed by atoms with E-state index in [9.17, 15) is 4.79 Å². The van der Waals surface area contributed by atoms with E-state index >= 15 is 0 Å². The van der Waals surface area contributed by atoms with Crippen LogP contribution in [0, 0.1) is 0 Å². The van der Waals surface area contributed by atoms with E-state index in [1.54, 1.807) is 0 Å². The maximum atomic E-state index is 12.7. The highest BCUT2D eigenvalue weighted by molar-refractivity contribution is 5.90. The predicted octanol–water partition coefficient (Wildman–Crippen LogP) is 3.12. The van der Waals surface area contributed by atoms with Crippen molar-refractivity contribution in [1.82, 2.24) is 4.90 Å². The molecule has 2 fully saturated rings. The quantitative estimate of drug-likeness (QED) is 0.795. The number of carbonyl (C=O) groups is 1. The van der Waals surface area contributed by atoms with Gasteiger partial charge in [0.05, 0.1) is 0 Å². The zero-order chi connectivity index (χ0) is 12.6. The van der Waals surface area contributed by atoms with Crippen LogP contribution in [0.25, 0.3) is 0 Å². The van der Waals surface area contributed by atoms with Crippen LogP contribution in [0.3, 0.4) is 0 Å². The Balaban J connectivity index is 2.05. The molecule has 0 amide bonds. The van der Waals surface area contributed by atoms with Gasteiger partial charge in [-0.25, -0.2) is 0 Å². The van der Waals surface area contributed by atoms with Gasteiger partial charge in [0.25, 0.3) is 0 Å². The summed E-state index contributed by atoms with van der Waals surface area (Å²) in [4.78, 5) is 15.1. The van der Waals surface area contributed by atoms with Crippen molar-refractivity contribution in [3.63, 3.8) is 0 Å². The second-order valence-corrected chi connectivity index (χ2v) is 5.69. The zero-order valence-electron chi connectivity index (χ0n) is 11.1. The third-order valence-corrected chi connectivity index (χ3v) is 4.72. The molecule has 1 saturated heterocycles. The largest absolute Gasteiger partial charge is 0.297 e. The van der Waals surface area contributed by atoms with Gasteiger partial charge in [0.1, 0.15) is 5.54 Å². The lowest BCUT2D eigenvalue weighted by molar-refractivity contribution is -0.143. The second kappa shape index (κ2) is 4.51. The Morgan fingerprint density at radius 3 is 2.56 bits per heavy atom. The van der Waals surface area contributed by atoms with Crippen LogP contribution in [-0.2, 0) is 10.3 Å². The summed E-state index contributed by atoms with van der Waals surface area (Å²) < 4.78 is 0. The van der Waals surface area contributed by atoms with Crippen molar-refractivity contribution in [3.05, 3.63) is 35.9 Å². The standard InChI is InChI=1S/C16H21NO/c1-13-10-12-17(13)16(11-6-5-9-15(16)18)14-7-3-2-4-8-14/h2-4,7-8,13H,5-6,9-12H2,1H3. The molecular formula is C16H21NO. The molecule has 2 atom stereocenters. The molecule has 2 unspecified atom stereocenters. The van der Waals surface area contributed by atoms with Gasteiger partial charge in [-0.15, -0.1) is 0 Å². The van der Waals surface area contributed by atoms with Gasteiger partial charge in [-0.1, -0.05) is 36.8 Å². The Morgan fingerprint density at radius 2 is 2.00 bits per heavy atom. The second-order valence-electron chi connectivity index (χ2n) is 5.69. The number of ketones is 1. The van der Waals surface area contributed by atoms with Crippen LogP contribution in [0.4, 0.5) is 0 Å². The molecule has 1 saturated carbocycles. The van der Waals surface area contributed by atoms with Crippen LogP contribution in [0.2, 0.25) is 0 Å². The fourth-order valence-electron chi connectivity index (χ4n) is 3.58. The Kier molecular flexibility index (Phi) is 2.98. The highest BCUT2D eigenvalue weighted by Crippen LogP contribution is 2.44. The van der Waals surface area contributed by atoms with Crippen molar-refractivity contribution in [2.75, 3.05) is 6.54 Å². The number of likely N-dealkylation sites (tertiary alicyclic amines) is 1. The predicted molar refractivity (Wildman–Crippen MR) is 72.4 cm³/mol. The summed E-state index contributed by atoms with van der Waals surface area (Å²) in [5, 5.41) is 0. The zero-order valence-corrected chi connectivity index (χ0v) is 11.1. The molecule has 2 nitrogen and oxygen atoms in total. The van der Waals surface area contributed by atoms with E-state index in [1.165, 1.54) is 18.4 Å². The van der Waals surface area contributed by atoms with E-state index in [1.807, 2.05) is 6.07 Å². The lowest BCUT2D eigenvalue weighted by Gasteiger charge is -2.53. The maximum Gasteiger partial charge on any atom is 0.157 e. The lowest BCUT2D eigenvalue weighted by atomic mass is 9.72. The highest BCUT2D eigenvalue weighted by atomic mass is 16.1. The van der Waals surface area contributed by atoms with Crippen LogP contribution in [0.15, 0.2) is 30.3 Å². The molecule has 96 valence electrons. The Bertz CT molecular complexity index is 442. The molecule has 1 aliphatic heterocycles. The molecule has 0 spiro atoms. The molecule has 1 aromatic carbocycles. The first-order valence-corrected chi connectivity index (χ1v) is 7.11. The van der Waals surface area contributed by atoms with Gasteiger partial charge in [0.15, 0.2) is 5.78 Å². The van der Waals surface area contributed by atoms with E-state index in [2.05, 4.69) is 36.1 Å². The maximum absolute atomic E-state index is 12.7. The molecule has 0 bridgehead atoms. The van der Waals surface area contributed by atoms with Crippen molar-refractivity contribution in [2.45, 2.75) is 50.6 Å². The fourth-order valence-corrected chi connectivity index (χ4v) is 3.58. The SMILES string of the molecule is CC1CCN1C1(c2ccccc2)CCCCC1=O. The van der Waals surface area contributed by atoms with E-state index in [0.29, 0.717) is 11.8 Å². The molecule has 1 aromatic rings. The van der Waals surface area contributed by atoms with Gasteiger partial charge in [0, 0.05) is 19.0 Å². The van der Waals surface area contributed by atoms with Crippen LogP contribution >= 0.6 is 0 Å². The van der Waals surface area contributed by atoms with Crippen LogP contribution < -0.4 is 0 Å². The first kappa shape index (κ1) is 11.9. The molecule has 0 aromatic heterocycles. The molecule has 0 radical (unpaired) electrons. The Labute approximate surface area is 109 Å². The number of benzene rings is 1. The van der Waals surface area contributed by atoms with Gasteiger partial charge in [-0.2, -0.15) is 0 Å². The number of Topliss-reactive ketones (excluding diaryl/α,β-unsaturated/α-hetero) is 1. The third kappa shape index (κ3) is 1.63. The highest BCUT2D eigenvalue weighted by Gasteiger charge is 2.50. The van der Waals surface area contributed by atoms with Crippen LogP contribution in [-0.4, -0.2) is 23.3 Å². The average Bonchev–Trinajstić information content (AvgIpc) is 2.40. The third-order valence-electron chi connectivity index (χ3n) is 4.72. The molecule has 1 aliphatic carbocycles. The minimum absolute atomic E-state index is 0.308.